The molecule has 202 valence electrons. The SMILES string of the molecule is CCc1cccc(NC(=O)N2CCN(c3nc(C4CCCCC4)nc4sc5c(c34)CCN(CC)C5)CC2)c1. The van der Waals surface area contributed by atoms with Crippen LogP contribution in [0.25, 0.3) is 10.2 Å². The zero-order valence-electron chi connectivity index (χ0n) is 22.8. The standard InChI is InChI=1S/C30H40N6OS/c1-3-21-9-8-12-23(19-21)31-30(37)36-17-15-35(16-18-36)28-26-24-13-14-34(4-2)20-25(24)38-29(26)33-27(32-28)22-10-6-5-7-11-22/h8-9,12,19,22H,3-7,10-11,13-18,20H2,1-2H3,(H,31,37). The van der Waals surface area contributed by atoms with E-state index < -0.39 is 0 Å². The summed E-state index contributed by atoms with van der Waals surface area (Å²) in [6.45, 7) is 10.6. The first-order chi connectivity index (χ1) is 18.6. The van der Waals surface area contributed by atoms with Gasteiger partial charge in [0.05, 0.1) is 5.39 Å². The van der Waals surface area contributed by atoms with E-state index in [-0.39, 0.29) is 6.03 Å². The third kappa shape index (κ3) is 5.13. The summed E-state index contributed by atoms with van der Waals surface area (Å²) in [5.41, 5.74) is 3.57. The van der Waals surface area contributed by atoms with Crippen LogP contribution in [0.4, 0.5) is 16.3 Å². The Morgan fingerprint density at radius 3 is 2.63 bits per heavy atom. The Morgan fingerprint density at radius 1 is 1.05 bits per heavy atom. The van der Waals surface area contributed by atoms with Crippen LogP contribution >= 0.6 is 11.3 Å². The number of urea groups is 1. The number of piperazine rings is 1. The lowest BCUT2D eigenvalue weighted by molar-refractivity contribution is 0.208. The van der Waals surface area contributed by atoms with Crippen LogP contribution in [0.5, 0.6) is 0 Å². The Hall–Kier alpha value is -2.71. The Kier molecular flexibility index (Phi) is 7.52. The van der Waals surface area contributed by atoms with Gasteiger partial charge in [0.15, 0.2) is 0 Å². The number of aromatic nitrogens is 2. The smallest absolute Gasteiger partial charge is 0.321 e. The maximum Gasteiger partial charge on any atom is 0.321 e. The first kappa shape index (κ1) is 25.6. The van der Waals surface area contributed by atoms with Crippen LogP contribution in [-0.4, -0.2) is 65.1 Å². The minimum absolute atomic E-state index is 0.0128. The first-order valence-corrected chi connectivity index (χ1v) is 15.4. The molecule has 2 amide bonds. The molecule has 1 N–H and O–H groups in total. The number of fused-ring (bicyclic) bond motifs is 3. The maximum atomic E-state index is 13.1. The Balaban J connectivity index is 1.24. The van der Waals surface area contributed by atoms with Gasteiger partial charge >= 0.3 is 6.03 Å². The van der Waals surface area contributed by atoms with Crippen LogP contribution in [0, 0.1) is 0 Å². The van der Waals surface area contributed by atoms with Crippen molar-refractivity contribution in [3.8, 4) is 0 Å². The summed E-state index contributed by atoms with van der Waals surface area (Å²) in [6, 6.07) is 8.13. The van der Waals surface area contributed by atoms with Crippen LogP contribution in [0.15, 0.2) is 24.3 Å². The van der Waals surface area contributed by atoms with Gasteiger partial charge in [-0.25, -0.2) is 14.8 Å². The molecule has 0 unspecified atom stereocenters. The highest BCUT2D eigenvalue weighted by atomic mass is 32.1. The number of rotatable bonds is 5. The molecular formula is C30H40N6OS. The molecular weight excluding hydrogens is 492 g/mol. The number of hydrogen-bond acceptors (Lipinski definition) is 6. The van der Waals surface area contributed by atoms with Gasteiger partial charge in [0.25, 0.3) is 0 Å². The maximum absolute atomic E-state index is 13.1. The van der Waals surface area contributed by atoms with E-state index in [1.54, 1.807) is 0 Å². The van der Waals surface area contributed by atoms with Gasteiger partial charge in [0.2, 0.25) is 0 Å². The number of likely N-dealkylation sites (N-methyl/N-ethyl adjacent to an activating group) is 1. The molecule has 3 aliphatic rings. The fourth-order valence-electron chi connectivity index (χ4n) is 6.28. The summed E-state index contributed by atoms with van der Waals surface area (Å²) in [5.74, 6) is 2.65. The lowest BCUT2D eigenvalue weighted by atomic mass is 9.88. The van der Waals surface area contributed by atoms with Gasteiger partial charge in [0.1, 0.15) is 16.5 Å². The molecule has 7 nitrogen and oxygen atoms in total. The second-order valence-electron chi connectivity index (χ2n) is 11.0. The van der Waals surface area contributed by atoms with Gasteiger partial charge in [-0.05, 0) is 55.5 Å². The van der Waals surface area contributed by atoms with Gasteiger partial charge in [-0.1, -0.05) is 45.2 Å². The Labute approximate surface area is 230 Å². The summed E-state index contributed by atoms with van der Waals surface area (Å²) >= 11 is 1.89. The summed E-state index contributed by atoms with van der Waals surface area (Å²) < 4.78 is 0. The Bertz CT molecular complexity index is 1290. The number of thiophene rings is 1. The monoisotopic (exact) mass is 532 g/mol. The van der Waals surface area contributed by atoms with E-state index in [2.05, 4.69) is 41.1 Å². The highest BCUT2D eigenvalue weighted by Gasteiger charge is 2.30. The number of nitrogens with zero attached hydrogens (tertiary/aromatic N) is 5. The zero-order chi connectivity index (χ0) is 26.1. The predicted octanol–water partition coefficient (Wildman–Crippen LogP) is 6.03. The van der Waals surface area contributed by atoms with Gasteiger partial charge in [-0.3, -0.25) is 4.90 Å². The van der Waals surface area contributed by atoms with Crippen LogP contribution in [0.1, 0.15) is 73.7 Å². The molecule has 1 saturated heterocycles. The van der Waals surface area contributed by atoms with E-state index >= 15 is 0 Å². The van der Waals surface area contributed by atoms with Gasteiger partial charge < -0.3 is 15.1 Å². The van der Waals surface area contributed by atoms with E-state index in [1.165, 1.54) is 58.3 Å². The molecule has 2 aromatic heterocycles. The second kappa shape index (κ2) is 11.2. The van der Waals surface area contributed by atoms with Gasteiger partial charge in [-0.15, -0.1) is 11.3 Å². The molecule has 2 fully saturated rings. The molecule has 8 heteroatoms. The van der Waals surface area contributed by atoms with Crippen LogP contribution < -0.4 is 10.2 Å². The third-order valence-electron chi connectivity index (χ3n) is 8.65. The van der Waals surface area contributed by atoms with Crippen molar-refractivity contribution in [1.82, 2.24) is 19.8 Å². The van der Waals surface area contributed by atoms with E-state index in [4.69, 9.17) is 9.97 Å². The lowest BCUT2D eigenvalue weighted by Gasteiger charge is -2.36. The molecule has 6 rings (SSSR count). The fourth-order valence-corrected chi connectivity index (χ4v) is 7.54. The van der Waals surface area contributed by atoms with Crippen molar-refractivity contribution in [2.75, 3.05) is 49.5 Å². The molecule has 0 spiro atoms. The topological polar surface area (TPSA) is 64.6 Å². The largest absolute Gasteiger partial charge is 0.352 e. The highest BCUT2D eigenvalue weighted by molar-refractivity contribution is 7.19. The van der Waals surface area contributed by atoms with Crippen LogP contribution in [-0.2, 0) is 19.4 Å². The van der Waals surface area contributed by atoms with Crippen molar-refractivity contribution >= 4 is 39.1 Å². The van der Waals surface area contributed by atoms with Crippen molar-refractivity contribution < 1.29 is 4.79 Å². The van der Waals surface area contributed by atoms with Crippen LogP contribution in [0.3, 0.4) is 0 Å². The summed E-state index contributed by atoms with van der Waals surface area (Å²) in [5, 5.41) is 4.40. The molecule has 0 atom stereocenters. The minimum Gasteiger partial charge on any atom is -0.352 e. The van der Waals surface area contributed by atoms with E-state index in [1.807, 2.05) is 28.4 Å². The third-order valence-corrected chi connectivity index (χ3v) is 9.76. The molecule has 0 bridgehead atoms. The molecule has 1 aromatic carbocycles. The van der Waals surface area contributed by atoms with E-state index in [0.29, 0.717) is 19.0 Å². The first-order valence-electron chi connectivity index (χ1n) is 14.6. The summed E-state index contributed by atoms with van der Waals surface area (Å²) in [7, 11) is 0. The molecule has 2 aliphatic heterocycles. The summed E-state index contributed by atoms with van der Waals surface area (Å²) in [4.78, 5) is 33.1. The van der Waals surface area contributed by atoms with Crippen molar-refractivity contribution in [3.63, 3.8) is 0 Å². The molecule has 0 radical (unpaired) electrons. The average Bonchev–Trinajstić information content (AvgIpc) is 3.35. The van der Waals surface area contributed by atoms with Crippen molar-refractivity contribution in [2.45, 2.75) is 71.3 Å². The number of aryl methyl sites for hydroxylation is 1. The number of carbonyl (C=O) groups is 1. The number of anilines is 2. The quantitative estimate of drug-likeness (QED) is 0.434. The minimum atomic E-state index is -0.0128. The van der Waals surface area contributed by atoms with E-state index in [0.717, 1.165) is 62.9 Å². The predicted molar refractivity (Wildman–Crippen MR) is 157 cm³/mol. The van der Waals surface area contributed by atoms with Crippen molar-refractivity contribution in [2.24, 2.45) is 0 Å². The number of benzene rings is 1. The van der Waals surface area contributed by atoms with Crippen molar-refractivity contribution in [1.29, 1.82) is 0 Å². The number of carbonyl (C=O) groups excluding carboxylic acids is 1. The number of nitrogens with one attached hydrogen (secondary N) is 1. The van der Waals surface area contributed by atoms with Crippen molar-refractivity contribution in [3.05, 3.63) is 46.1 Å². The number of amides is 2. The normalized spacial score (nSPS) is 19.1. The molecule has 4 heterocycles. The molecule has 3 aromatic rings. The lowest BCUT2D eigenvalue weighted by Crippen LogP contribution is -2.50. The molecule has 1 aliphatic carbocycles. The fraction of sp³-hybridized carbons (Fsp3) is 0.567. The van der Waals surface area contributed by atoms with Crippen LogP contribution in [0.2, 0.25) is 0 Å². The number of hydrogen-bond donors (Lipinski definition) is 1. The zero-order valence-corrected chi connectivity index (χ0v) is 23.7. The average molecular weight is 533 g/mol. The molecule has 38 heavy (non-hydrogen) atoms. The molecule has 1 saturated carbocycles. The van der Waals surface area contributed by atoms with E-state index in [9.17, 15) is 4.79 Å². The second-order valence-corrected chi connectivity index (χ2v) is 12.1. The van der Waals surface area contributed by atoms with Gasteiger partial charge in [-0.2, -0.15) is 0 Å². The summed E-state index contributed by atoms with van der Waals surface area (Å²) in [6.07, 6.45) is 8.33. The highest BCUT2D eigenvalue weighted by Crippen LogP contribution is 2.41. The Morgan fingerprint density at radius 2 is 1.87 bits per heavy atom. The van der Waals surface area contributed by atoms with Gasteiger partial charge in [0, 0.05) is 55.8 Å².